The molecule has 0 radical (unpaired) electrons. The first-order valence-electron chi connectivity index (χ1n) is 3.60. The van der Waals surface area contributed by atoms with Gasteiger partial charge in [0.2, 0.25) is 0 Å². The Morgan fingerprint density at radius 2 is 2.38 bits per heavy atom. The predicted octanol–water partition coefficient (Wildman–Crippen LogP) is 1.62. The van der Waals surface area contributed by atoms with Gasteiger partial charge in [-0.25, -0.2) is 4.79 Å². The van der Waals surface area contributed by atoms with Crippen LogP contribution >= 0.6 is 0 Å². The molecule has 0 bridgehead atoms. The third-order valence-electron chi connectivity index (χ3n) is 1.64. The molecule has 1 aromatic heterocycles. The predicted molar refractivity (Wildman–Crippen MR) is 44.7 cm³/mol. The number of nitrogens with one attached hydrogen (secondary N) is 1. The highest BCUT2D eigenvalue weighted by atomic mass is 16.7. The van der Waals surface area contributed by atoms with E-state index in [1.165, 1.54) is 6.20 Å². The lowest BCUT2D eigenvalue weighted by molar-refractivity contribution is 0.145. The molecule has 2 N–H and O–H groups in total. The van der Waals surface area contributed by atoms with Gasteiger partial charge in [-0.3, -0.25) is 5.10 Å². The molecule has 5 nitrogen and oxygen atoms in total. The lowest BCUT2D eigenvalue weighted by Crippen LogP contribution is -2.02. The molecule has 0 aliphatic heterocycles. The van der Waals surface area contributed by atoms with Crippen molar-refractivity contribution in [3.63, 3.8) is 0 Å². The van der Waals surface area contributed by atoms with Crippen molar-refractivity contribution in [3.05, 3.63) is 24.4 Å². The first-order chi connectivity index (χ1) is 6.27. The van der Waals surface area contributed by atoms with Crippen molar-refractivity contribution in [2.24, 2.45) is 0 Å². The van der Waals surface area contributed by atoms with Gasteiger partial charge in [-0.2, -0.15) is 5.10 Å². The van der Waals surface area contributed by atoms with Crippen LogP contribution in [0.1, 0.15) is 0 Å². The fraction of sp³-hybridized carbons (Fsp3) is 0. The molecule has 0 saturated heterocycles. The zero-order chi connectivity index (χ0) is 9.26. The molecular weight excluding hydrogens is 172 g/mol. The summed E-state index contributed by atoms with van der Waals surface area (Å²) in [6, 6.07) is 5.06. The topological polar surface area (TPSA) is 75.2 Å². The number of rotatable bonds is 1. The van der Waals surface area contributed by atoms with Crippen molar-refractivity contribution in [1.82, 2.24) is 10.2 Å². The van der Waals surface area contributed by atoms with Gasteiger partial charge in [0.1, 0.15) is 5.75 Å². The molecule has 0 amide bonds. The quantitative estimate of drug-likeness (QED) is 0.514. The fourth-order valence-corrected chi connectivity index (χ4v) is 1.12. The summed E-state index contributed by atoms with van der Waals surface area (Å²) in [5, 5.41) is 15.5. The lowest BCUT2D eigenvalue weighted by Gasteiger charge is -1.99. The normalized spacial score (nSPS) is 10.2. The van der Waals surface area contributed by atoms with Crippen molar-refractivity contribution in [1.29, 1.82) is 0 Å². The van der Waals surface area contributed by atoms with E-state index in [-0.39, 0.29) is 0 Å². The maximum absolute atomic E-state index is 10.3. The molecule has 5 heteroatoms. The monoisotopic (exact) mass is 178 g/mol. The van der Waals surface area contributed by atoms with Gasteiger partial charge in [0.25, 0.3) is 0 Å². The van der Waals surface area contributed by atoms with E-state index in [9.17, 15) is 4.79 Å². The fourth-order valence-electron chi connectivity index (χ4n) is 1.12. The van der Waals surface area contributed by atoms with Crippen LogP contribution < -0.4 is 4.74 Å². The maximum atomic E-state index is 10.3. The number of carboxylic acid groups (broad SMARTS) is 1. The highest BCUT2D eigenvalue weighted by molar-refractivity contribution is 5.86. The van der Waals surface area contributed by atoms with Gasteiger partial charge in [-0.05, 0) is 12.1 Å². The zero-order valence-electron chi connectivity index (χ0n) is 6.52. The summed E-state index contributed by atoms with van der Waals surface area (Å²) in [6.07, 6.45) is 0.196. The summed E-state index contributed by atoms with van der Waals surface area (Å²) in [5.74, 6) is 0.291. The van der Waals surface area contributed by atoms with Crippen molar-refractivity contribution in [3.8, 4) is 5.75 Å². The summed E-state index contributed by atoms with van der Waals surface area (Å²) >= 11 is 0. The number of hydrogen-bond donors (Lipinski definition) is 2. The second kappa shape index (κ2) is 2.78. The van der Waals surface area contributed by atoms with E-state index < -0.39 is 6.16 Å². The van der Waals surface area contributed by atoms with Crippen LogP contribution in [0.3, 0.4) is 0 Å². The molecule has 1 aromatic carbocycles. The standard InChI is InChI=1S/C8H6N2O3/c11-8(12)13-7-3-1-2-6-5(7)4-9-10-6/h1-4H,(H,9,10)(H,11,12). The minimum Gasteiger partial charge on any atom is -0.449 e. The largest absolute Gasteiger partial charge is 0.511 e. The van der Waals surface area contributed by atoms with E-state index >= 15 is 0 Å². The van der Waals surface area contributed by atoms with Gasteiger partial charge < -0.3 is 9.84 Å². The van der Waals surface area contributed by atoms with E-state index in [4.69, 9.17) is 5.11 Å². The minimum absolute atomic E-state index is 0.291. The Hall–Kier alpha value is -2.04. The third-order valence-corrected chi connectivity index (χ3v) is 1.64. The van der Waals surface area contributed by atoms with E-state index in [0.29, 0.717) is 11.1 Å². The molecule has 66 valence electrons. The molecule has 1 heterocycles. The van der Waals surface area contributed by atoms with Crippen LogP contribution in [0.25, 0.3) is 10.9 Å². The van der Waals surface area contributed by atoms with Crippen molar-refractivity contribution >= 4 is 17.1 Å². The second-order valence-electron chi connectivity index (χ2n) is 2.46. The van der Waals surface area contributed by atoms with Crippen LogP contribution in [0, 0.1) is 0 Å². The number of fused-ring (bicyclic) bond motifs is 1. The summed E-state index contributed by atoms with van der Waals surface area (Å²) in [7, 11) is 0. The number of nitrogens with zero attached hydrogens (tertiary/aromatic N) is 1. The Balaban J connectivity index is 2.54. The third kappa shape index (κ3) is 1.31. The Labute approximate surface area is 72.9 Å². The van der Waals surface area contributed by atoms with Gasteiger partial charge in [-0.1, -0.05) is 6.07 Å². The van der Waals surface area contributed by atoms with Crippen LogP contribution in [-0.4, -0.2) is 21.5 Å². The van der Waals surface area contributed by atoms with Crippen LogP contribution in [0.5, 0.6) is 5.75 Å². The minimum atomic E-state index is -1.33. The molecule has 13 heavy (non-hydrogen) atoms. The molecule has 0 aliphatic rings. The molecule has 2 rings (SSSR count). The average Bonchev–Trinajstić information content (AvgIpc) is 2.51. The summed E-state index contributed by atoms with van der Waals surface area (Å²) < 4.78 is 4.54. The van der Waals surface area contributed by atoms with Crippen LogP contribution in [0.15, 0.2) is 24.4 Å². The first kappa shape index (κ1) is 7.60. The van der Waals surface area contributed by atoms with Crippen molar-refractivity contribution in [2.75, 3.05) is 0 Å². The Kier molecular flexibility index (Phi) is 1.63. The van der Waals surface area contributed by atoms with E-state index in [1.807, 2.05) is 0 Å². The van der Waals surface area contributed by atoms with E-state index in [1.54, 1.807) is 18.2 Å². The highest BCUT2D eigenvalue weighted by Gasteiger charge is 2.06. The van der Waals surface area contributed by atoms with Crippen LogP contribution in [0.4, 0.5) is 4.79 Å². The number of H-pyrrole nitrogens is 1. The molecule has 0 spiro atoms. The van der Waals surface area contributed by atoms with Crippen molar-refractivity contribution in [2.45, 2.75) is 0 Å². The SMILES string of the molecule is O=C(O)Oc1cccc2[nH]ncc12. The molecule has 0 atom stereocenters. The van der Waals surface area contributed by atoms with E-state index in [0.717, 1.165) is 5.52 Å². The lowest BCUT2D eigenvalue weighted by atomic mass is 10.2. The van der Waals surface area contributed by atoms with E-state index in [2.05, 4.69) is 14.9 Å². The van der Waals surface area contributed by atoms with Gasteiger partial charge in [0.05, 0.1) is 17.1 Å². The number of aromatic amines is 1. The molecule has 0 unspecified atom stereocenters. The zero-order valence-corrected chi connectivity index (χ0v) is 6.52. The number of benzene rings is 1. The van der Waals surface area contributed by atoms with Crippen molar-refractivity contribution < 1.29 is 14.6 Å². The average molecular weight is 178 g/mol. The number of aromatic nitrogens is 2. The molecule has 0 saturated carbocycles. The van der Waals surface area contributed by atoms with Gasteiger partial charge in [-0.15, -0.1) is 0 Å². The Morgan fingerprint density at radius 3 is 3.15 bits per heavy atom. The number of hydrogen-bond acceptors (Lipinski definition) is 3. The smallest absolute Gasteiger partial charge is 0.449 e. The van der Waals surface area contributed by atoms with Gasteiger partial charge >= 0.3 is 6.16 Å². The molecule has 2 aromatic rings. The van der Waals surface area contributed by atoms with Crippen LogP contribution in [-0.2, 0) is 0 Å². The van der Waals surface area contributed by atoms with Gasteiger partial charge in [0, 0.05) is 0 Å². The Bertz CT molecular complexity index is 449. The Morgan fingerprint density at radius 1 is 1.54 bits per heavy atom. The second-order valence-corrected chi connectivity index (χ2v) is 2.46. The first-order valence-corrected chi connectivity index (χ1v) is 3.60. The molecule has 0 fully saturated rings. The molecular formula is C8H6N2O3. The van der Waals surface area contributed by atoms with Gasteiger partial charge in [0.15, 0.2) is 0 Å². The summed E-state index contributed by atoms with van der Waals surface area (Å²) in [6.45, 7) is 0. The van der Waals surface area contributed by atoms with Crippen LogP contribution in [0.2, 0.25) is 0 Å². The summed E-state index contributed by atoms with van der Waals surface area (Å²) in [5.41, 5.74) is 0.749. The highest BCUT2D eigenvalue weighted by Crippen LogP contribution is 2.23. The molecule has 0 aliphatic carbocycles. The number of carbonyl (C=O) groups is 1. The summed E-state index contributed by atoms with van der Waals surface area (Å²) in [4.78, 5) is 10.3. The number of ether oxygens (including phenoxy) is 1. The maximum Gasteiger partial charge on any atom is 0.511 e.